The maximum Gasteiger partial charge on any atom is 0.434 e. The number of hydrazine groups is 1. The molecule has 0 aliphatic carbocycles. The number of nitrogens with two attached hydrogens (primary N) is 1. The van der Waals surface area contributed by atoms with Gasteiger partial charge in [-0.05, 0) is 32.1 Å². The van der Waals surface area contributed by atoms with Gasteiger partial charge in [-0.2, -0.15) is 13.2 Å². The quantitative estimate of drug-likeness (QED) is 0.156. The van der Waals surface area contributed by atoms with E-state index in [2.05, 4.69) is 30.5 Å². The van der Waals surface area contributed by atoms with Gasteiger partial charge in [-0.3, -0.25) is 15.5 Å². The van der Waals surface area contributed by atoms with Crippen molar-refractivity contribution in [1.29, 1.82) is 0 Å². The number of pyridine rings is 2. The first-order valence-electron chi connectivity index (χ1n) is 12.1. The molecule has 0 bridgehead atoms. The number of thiazole rings is 1. The van der Waals surface area contributed by atoms with Gasteiger partial charge in [0.25, 0.3) is 5.91 Å². The molecule has 210 valence electrons. The molecular formula is C24H29F3N8O3S. The second-order valence-electron chi connectivity index (χ2n) is 8.06. The van der Waals surface area contributed by atoms with Crippen LogP contribution >= 0.6 is 11.3 Å². The number of halogens is 3. The van der Waals surface area contributed by atoms with Gasteiger partial charge >= 0.3 is 12.2 Å². The minimum absolute atomic E-state index is 0.0152. The average Bonchev–Trinajstić information content (AvgIpc) is 3.42. The maximum absolute atomic E-state index is 13.4. The number of nitrogen functional groups attached to an aromatic ring is 1. The highest BCUT2D eigenvalue weighted by molar-refractivity contribution is 7.13. The molecule has 3 aromatic rings. The molecule has 0 unspecified atom stereocenters. The molecule has 5 N–H and O–H groups in total. The number of hydrogen-bond donors (Lipinski definition) is 4. The third-order valence-corrected chi connectivity index (χ3v) is 6.46. The Morgan fingerprint density at radius 2 is 1.82 bits per heavy atom. The van der Waals surface area contributed by atoms with Crippen LogP contribution in [0.15, 0.2) is 29.9 Å². The molecule has 0 saturated carbocycles. The van der Waals surface area contributed by atoms with Crippen LogP contribution in [0.1, 0.15) is 36.8 Å². The lowest BCUT2D eigenvalue weighted by atomic mass is 10.0. The van der Waals surface area contributed by atoms with Crippen molar-refractivity contribution in [3.05, 3.63) is 41.2 Å². The van der Waals surface area contributed by atoms with E-state index in [0.29, 0.717) is 13.1 Å². The standard InChI is InChI=1S/C24H29F3N8O3S/c1-4-29-23(37)33-19-10-16(22-32-18(13-39-22)24(25,26)27)17(12-30-19)15-9-14(20(36)34-28)11-31-21(15)38-8-7-35(5-2)6-3/h9-13H,4-8,28H2,1-3H3,(H,34,36)(H2,29,30,33,37). The zero-order valence-corrected chi connectivity index (χ0v) is 22.4. The van der Waals surface area contributed by atoms with Gasteiger partial charge in [0.05, 0.1) is 5.56 Å². The molecule has 0 fully saturated rings. The predicted octanol–water partition coefficient (Wildman–Crippen LogP) is 3.75. The first-order valence-corrected chi connectivity index (χ1v) is 12.9. The minimum Gasteiger partial charge on any atom is -0.476 e. The number of nitrogens with one attached hydrogen (secondary N) is 3. The second-order valence-corrected chi connectivity index (χ2v) is 8.92. The van der Waals surface area contributed by atoms with Crippen LogP contribution in [0.25, 0.3) is 21.7 Å². The van der Waals surface area contributed by atoms with Gasteiger partial charge in [0, 0.05) is 47.6 Å². The van der Waals surface area contributed by atoms with Crippen LogP contribution < -0.4 is 26.6 Å². The first kappa shape index (κ1) is 29.7. The number of anilines is 1. The van der Waals surface area contributed by atoms with Crippen molar-refractivity contribution in [2.24, 2.45) is 5.84 Å². The van der Waals surface area contributed by atoms with E-state index >= 15 is 0 Å². The van der Waals surface area contributed by atoms with E-state index in [9.17, 15) is 22.8 Å². The monoisotopic (exact) mass is 566 g/mol. The highest BCUT2D eigenvalue weighted by Gasteiger charge is 2.34. The summed E-state index contributed by atoms with van der Waals surface area (Å²) in [5.41, 5.74) is 1.85. The molecule has 3 aromatic heterocycles. The van der Waals surface area contributed by atoms with Gasteiger partial charge in [-0.15, -0.1) is 11.3 Å². The number of hydrogen-bond acceptors (Lipinski definition) is 9. The first-order chi connectivity index (χ1) is 18.6. The molecule has 0 aromatic carbocycles. The largest absolute Gasteiger partial charge is 0.476 e. The Hall–Kier alpha value is -3.82. The summed E-state index contributed by atoms with van der Waals surface area (Å²) in [5, 5.41) is 6.01. The molecule has 0 atom stereocenters. The zero-order chi connectivity index (χ0) is 28.6. The van der Waals surface area contributed by atoms with Crippen molar-refractivity contribution in [2.45, 2.75) is 26.9 Å². The summed E-state index contributed by atoms with van der Waals surface area (Å²) < 4.78 is 46.0. The number of urea groups is 1. The van der Waals surface area contributed by atoms with Gasteiger partial charge in [0.15, 0.2) is 5.69 Å². The summed E-state index contributed by atoms with van der Waals surface area (Å²) in [4.78, 5) is 38.8. The van der Waals surface area contributed by atoms with Gasteiger partial charge in [-0.1, -0.05) is 13.8 Å². The number of carbonyl (C=O) groups excluding carboxylic acids is 2. The number of alkyl halides is 3. The summed E-state index contributed by atoms with van der Waals surface area (Å²) >= 11 is 0.770. The number of nitrogens with zero attached hydrogens (tertiary/aromatic N) is 4. The summed E-state index contributed by atoms with van der Waals surface area (Å²) in [7, 11) is 0. The highest BCUT2D eigenvalue weighted by Crippen LogP contribution is 2.40. The SMILES string of the molecule is CCNC(=O)Nc1cc(-c2nc(C(F)(F)F)cs2)c(-c2cc(C(=O)NN)cnc2OCCN(CC)CC)cn1. The van der Waals surface area contributed by atoms with Crippen LogP contribution in [0.2, 0.25) is 0 Å². The van der Waals surface area contributed by atoms with E-state index in [1.165, 1.54) is 24.5 Å². The number of ether oxygens (including phenoxy) is 1. The molecule has 11 nitrogen and oxygen atoms in total. The predicted molar refractivity (Wildman–Crippen MR) is 141 cm³/mol. The molecule has 0 radical (unpaired) electrons. The summed E-state index contributed by atoms with van der Waals surface area (Å²) in [6.07, 6.45) is -2.02. The summed E-state index contributed by atoms with van der Waals surface area (Å²) in [5.74, 6) is 4.88. The lowest BCUT2D eigenvalue weighted by Gasteiger charge is -2.19. The molecular weight excluding hydrogens is 537 g/mol. The lowest BCUT2D eigenvalue weighted by Crippen LogP contribution is -2.30. The fourth-order valence-corrected chi connectivity index (χ4v) is 4.40. The fraction of sp³-hybridized carbons (Fsp3) is 0.375. The number of aromatic nitrogens is 3. The molecule has 0 aliphatic heterocycles. The lowest BCUT2D eigenvalue weighted by molar-refractivity contribution is -0.140. The molecule has 3 amide bonds. The molecule has 0 spiro atoms. The normalized spacial score (nSPS) is 11.4. The van der Waals surface area contributed by atoms with Gasteiger partial charge < -0.3 is 15.0 Å². The number of amides is 3. The Kier molecular flexibility index (Phi) is 10.1. The Morgan fingerprint density at radius 3 is 2.44 bits per heavy atom. The number of rotatable bonds is 11. The van der Waals surface area contributed by atoms with Crippen molar-refractivity contribution in [3.8, 4) is 27.6 Å². The Balaban J connectivity index is 2.15. The maximum atomic E-state index is 13.4. The van der Waals surface area contributed by atoms with Gasteiger partial charge in [0.2, 0.25) is 5.88 Å². The number of likely N-dealkylation sites (N-methyl/N-ethyl adjacent to an activating group) is 1. The molecule has 15 heteroatoms. The van der Waals surface area contributed by atoms with E-state index < -0.39 is 23.8 Å². The second kappa shape index (κ2) is 13.3. The van der Waals surface area contributed by atoms with Crippen molar-refractivity contribution < 1.29 is 27.5 Å². The zero-order valence-electron chi connectivity index (χ0n) is 21.6. The van der Waals surface area contributed by atoms with Crippen LogP contribution in [-0.2, 0) is 6.18 Å². The Labute approximate surface area is 227 Å². The minimum atomic E-state index is -4.65. The van der Waals surface area contributed by atoms with Crippen molar-refractivity contribution in [1.82, 2.24) is 30.6 Å². The van der Waals surface area contributed by atoms with Gasteiger partial charge in [-0.25, -0.2) is 25.6 Å². The summed E-state index contributed by atoms with van der Waals surface area (Å²) in [6, 6.07) is 2.32. The summed E-state index contributed by atoms with van der Waals surface area (Å²) in [6.45, 7) is 8.62. The fourth-order valence-electron chi connectivity index (χ4n) is 3.54. The van der Waals surface area contributed by atoms with Crippen LogP contribution in [0.5, 0.6) is 5.88 Å². The van der Waals surface area contributed by atoms with E-state index in [4.69, 9.17) is 10.6 Å². The molecule has 3 heterocycles. The average molecular weight is 567 g/mol. The molecule has 0 aliphatic rings. The molecule has 3 rings (SSSR count). The van der Waals surface area contributed by atoms with Crippen molar-refractivity contribution >= 4 is 29.1 Å². The Bertz CT molecular complexity index is 1300. The molecule has 39 heavy (non-hydrogen) atoms. The van der Waals surface area contributed by atoms with Crippen LogP contribution in [0.3, 0.4) is 0 Å². The number of carbonyl (C=O) groups is 2. The topological polar surface area (TPSA) is 147 Å². The van der Waals surface area contributed by atoms with E-state index in [1.807, 2.05) is 19.3 Å². The van der Waals surface area contributed by atoms with E-state index in [0.717, 1.165) is 29.8 Å². The van der Waals surface area contributed by atoms with Gasteiger partial charge in [0.1, 0.15) is 17.4 Å². The van der Waals surface area contributed by atoms with Crippen LogP contribution in [0, 0.1) is 0 Å². The van der Waals surface area contributed by atoms with E-state index in [1.54, 1.807) is 6.92 Å². The third kappa shape index (κ3) is 7.61. The van der Waals surface area contributed by atoms with Crippen molar-refractivity contribution in [2.75, 3.05) is 38.1 Å². The smallest absolute Gasteiger partial charge is 0.434 e. The Morgan fingerprint density at radius 1 is 1.08 bits per heavy atom. The highest BCUT2D eigenvalue weighted by atomic mass is 32.1. The van der Waals surface area contributed by atoms with E-state index in [-0.39, 0.29) is 45.6 Å². The van der Waals surface area contributed by atoms with Crippen LogP contribution in [0.4, 0.5) is 23.8 Å². The molecule has 0 saturated heterocycles. The van der Waals surface area contributed by atoms with Crippen molar-refractivity contribution in [3.63, 3.8) is 0 Å². The third-order valence-electron chi connectivity index (χ3n) is 5.58. The van der Waals surface area contributed by atoms with Crippen LogP contribution in [-0.4, -0.2) is 64.6 Å².